The second kappa shape index (κ2) is 6.62. The number of H-pyrrole nitrogens is 1. The molecule has 2 fully saturated rings. The zero-order valence-electron chi connectivity index (χ0n) is 14.7. The zero-order valence-corrected chi connectivity index (χ0v) is 16.2. The summed E-state index contributed by atoms with van der Waals surface area (Å²) < 4.78 is 5.62. The van der Waals surface area contributed by atoms with E-state index in [1.807, 2.05) is 18.3 Å². The van der Waals surface area contributed by atoms with Gasteiger partial charge in [0, 0.05) is 25.3 Å². The first-order chi connectivity index (χ1) is 13.2. The van der Waals surface area contributed by atoms with E-state index < -0.39 is 0 Å². The summed E-state index contributed by atoms with van der Waals surface area (Å²) in [5.74, 6) is 0.878. The van der Waals surface area contributed by atoms with Crippen molar-refractivity contribution in [3.8, 4) is 11.3 Å². The molecule has 8 heteroatoms. The molecule has 1 N–H and O–H groups in total. The van der Waals surface area contributed by atoms with E-state index in [4.69, 9.17) is 32.9 Å². The van der Waals surface area contributed by atoms with Crippen molar-refractivity contribution in [2.75, 3.05) is 31.2 Å². The molecule has 0 amide bonds. The molecule has 140 valence electrons. The van der Waals surface area contributed by atoms with Gasteiger partial charge in [0.25, 0.3) is 0 Å². The van der Waals surface area contributed by atoms with E-state index in [0.29, 0.717) is 32.3 Å². The van der Waals surface area contributed by atoms with Gasteiger partial charge in [-0.3, -0.25) is 5.10 Å². The highest BCUT2D eigenvalue weighted by molar-refractivity contribution is 6.43. The van der Waals surface area contributed by atoms with E-state index in [2.05, 4.69) is 20.1 Å². The molecular weight excluding hydrogens is 385 g/mol. The number of benzene rings is 1. The summed E-state index contributed by atoms with van der Waals surface area (Å²) in [6.07, 6.45) is 5.27. The first-order valence-electron chi connectivity index (χ1n) is 9.13. The van der Waals surface area contributed by atoms with Gasteiger partial charge in [0.1, 0.15) is 17.0 Å². The van der Waals surface area contributed by atoms with Crippen molar-refractivity contribution in [2.24, 2.45) is 5.41 Å². The van der Waals surface area contributed by atoms with Crippen LogP contribution in [0.3, 0.4) is 0 Å². The first-order valence-corrected chi connectivity index (χ1v) is 9.89. The van der Waals surface area contributed by atoms with Crippen LogP contribution < -0.4 is 4.90 Å². The predicted octanol–water partition coefficient (Wildman–Crippen LogP) is 4.33. The van der Waals surface area contributed by atoms with Gasteiger partial charge in [-0.05, 0) is 30.7 Å². The lowest BCUT2D eigenvalue weighted by molar-refractivity contribution is 0.133. The number of rotatable bonds is 2. The topological polar surface area (TPSA) is 66.9 Å². The maximum Gasteiger partial charge on any atom is 0.177 e. The van der Waals surface area contributed by atoms with Gasteiger partial charge < -0.3 is 9.64 Å². The molecule has 2 aliphatic heterocycles. The molecule has 2 aliphatic rings. The van der Waals surface area contributed by atoms with Crippen molar-refractivity contribution in [3.63, 3.8) is 0 Å². The van der Waals surface area contributed by atoms with E-state index in [9.17, 15) is 0 Å². The second-order valence-electron chi connectivity index (χ2n) is 7.39. The SMILES string of the molecule is Clc1cccc(-c2n[nH]c3nc(N4CCC5(CCOC5)CC4)cnc23)c1Cl. The summed E-state index contributed by atoms with van der Waals surface area (Å²) >= 11 is 12.5. The number of anilines is 1. The minimum atomic E-state index is 0.374. The third kappa shape index (κ3) is 2.96. The molecule has 0 unspecified atom stereocenters. The Labute approximate surface area is 166 Å². The molecule has 0 bridgehead atoms. The van der Waals surface area contributed by atoms with E-state index in [-0.39, 0.29) is 0 Å². The lowest BCUT2D eigenvalue weighted by Crippen LogP contribution is -2.40. The number of nitrogens with one attached hydrogen (secondary N) is 1. The lowest BCUT2D eigenvalue weighted by atomic mass is 9.78. The molecule has 6 nitrogen and oxygen atoms in total. The van der Waals surface area contributed by atoms with Crippen LogP contribution in [0.5, 0.6) is 0 Å². The monoisotopic (exact) mass is 403 g/mol. The number of piperidine rings is 1. The van der Waals surface area contributed by atoms with Gasteiger partial charge in [0.15, 0.2) is 5.65 Å². The van der Waals surface area contributed by atoms with Gasteiger partial charge in [0.2, 0.25) is 0 Å². The van der Waals surface area contributed by atoms with Crippen LogP contribution in [0.25, 0.3) is 22.4 Å². The van der Waals surface area contributed by atoms with Gasteiger partial charge in [-0.1, -0.05) is 35.3 Å². The second-order valence-corrected chi connectivity index (χ2v) is 8.17. The highest BCUT2D eigenvalue weighted by atomic mass is 35.5. The van der Waals surface area contributed by atoms with Crippen LogP contribution in [0, 0.1) is 5.41 Å². The van der Waals surface area contributed by atoms with Crippen LogP contribution in [0.4, 0.5) is 5.82 Å². The number of ether oxygens (including phenoxy) is 1. The molecule has 27 heavy (non-hydrogen) atoms. The molecule has 4 heterocycles. The average molecular weight is 404 g/mol. The standard InChI is InChI=1S/C19H19Cl2N5O/c20-13-3-1-2-12(15(13)21)16-17-18(25-24-16)23-14(10-22-17)26-7-4-19(5-8-26)6-9-27-11-19/h1-3,10H,4-9,11H2,(H,23,24,25). The molecule has 0 aliphatic carbocycles. The van der Waals surface area contributed by atoms with Crippen LogP contribution >= 0.6 is 23.2 Å². The number of fused-ring (bicyclic) bond motifs is 1. The number of hydrogen-bond acceptors (Lipinski definition) is 5. The highest BCUT2D eigenvalue weighted by Crippen LogP contribution is 2.40. The number of aromatic amines is 1. The van der Waals surface area contributed by atoms with Crippen LogP contribution in [-0.4, -0.2) is 46.5 Å². The van der Waals surface area contributed by atoms with Crippen LogP contribution in [0.15, 0.2) is 24.4 Å². The Balaban J connectivity index is 1.43. The fourth-order valence-electron chi connectivity index (χ4n) is 4.07. The minimum absolute atomic E-state index is 0.374. The molecule has 1 aromatic carbocycles. The molecule has 0 saturated carbocycles. The predicted molar refractivity (Wildman–Crippen MR) is 106 cm³/mol. The molecule has 3 aromatic rings. The minimum Gasteiger partial charge on any atom is -0.381 e. The molecule has 2 saturated heterocycles. The zero-order chi connectivity index (χ0) is 18.4. The fourth-order valence-corrected chi connectivity index (χ4v) is 4.46. The Bertz CT molecular complexity index is 989. The molecule has 0 radical (unpaired) electrons. The Kier molecular flexibility index (Phi) is 4.22. The van der Waals surface area contributed by atoms with E-state index in [1.54, 1.807) is 6.07 Å². The Morgan fingerprint density at radius 1 is 1.15 bits per heavy atom. The van der Waals surface area contributed by atoms with Gasteiger partial charge in [-0.2, -0.15) is 5.10 Å². The smallest absolute Gasteiger partial charge is 0.177 e. The van der Waals surface area contributed by atoms with Crippen LogP contribution in [0.2, 0.25) is 10.0 Å². The van der Waals surface area contributed by atoms with E-state index >= 15 is 0 Å². The summed E-state index contributed by atoms with van der Waals surface area (Å²) in [6, 6.07) is 5.49. The van der Waals surface area contributed by atoms with Crippen molar-refractivity contribution in [3.05, 3.63) is 34.4 Å². The van der Waals surface area contributed by atoms with Gasteiger partial charge in [0.05, 0.1) is 22.8 Å². The quantitative estimate of drug-likeness (QED) is 0.689. The summed E-state index contributed by atoms with van der Waals surface area (Å²) in [5, 5.41) is 8.34. The summed E-state index contributed by atoms with van der Waals surface area (Å²) in [7, 11) is 0. The summed E-state index contributed by atoms with van der Waals surface area (Å²) in [4.78, 5) is 11.7. The Morgan fingerprint density at radius 3 is 2.78 bits per heavy atom. The van der Waals surface area contributed by atoms with Crippen molar-refractivity contribution < 1.29 is 4.74 Å². The van der Waals surface area contributed by atoms with Crippen molar-refractivity contribution in [1.82, 2.24) is 20.2 Å². The Hall–Kier alpha value is -1.89. The number of halogens is 2. The molecule has 1 spiro atoms. The van der Waals surface area contributed by atoms with Crippen LogP contribution in [-0.2, 0) is 4.74 Å². The molecule has 2 aromatic heterocycles. The van der Waals surface area contributed by atoms with Crippen molar-refractivity contribution >= 4 is 40.2 Å². The average Bonchev–Trinajstić information content (AvgIpc) is 3.31. The first kappa shape index (κ1) is 17.2. The van der Waals surface area contributed by atoms with Gasteiger partial charge in [-0.25, -0.2) is 9.97 Å². The Morgan fingerprint density at radius 2 is 2.00 bits per heavy atom. The largest absolute Gasteiger partial charge is 0.381 e. The third-order valence-corrected chi connectivity index (χ3v) is 6.62. The fraction of sp³-hybridized carbons (Fsp3) is 0.421. The van der Waals surface area contributed by atoms with Crippen LogP contribution in [0.1, 0.15) is 19.3 Å². The maximum atomic E-state index is 6.34. The van der Waals surface area contributed by atoms with Gasteiger partial charge in [-0.15, -0.1) is 0 Å². The third-order valence-electron chi connectivity index (χ3n) is 5.80. The number of nitrogens with zero attached hydrogens (tertiary/aromatic N) is 4. The van der Waals surface area contributed by atoms with Crippen molar-refractivity contribution in [2.45, 2.75) is 19.3 Å². The molecule has 5 rings (SSSR count). The molecular formula is C19H19Cl2N5O. The van der Waals surface area contributed by atoms with E-state index in [0.717, 1.165) is 50.5 Å². The molecule has 0 atom stereocenters. The summed E-state index contributed by atoms with van der Waals surface area (Å²) in [6.45, 7) is 3.75. The van der Waals surface area contributed by atoms with Gasteiger partial charge >= 0.3 is 0 Å². The van der Waals surface area contributed by atoms with Crippen molar-refractivity contribution in [1.29, 1.82) is 0 Å². The highest BCUT2D eigenvalue weighted by Gasteiger charge is 2.38. The summed E-state index contributed by atoms with van der Waals surface area (Å²) in [5.41, 5.74) is 3.14. The van der Waals surface area contributed by atoms with E-state index in [1.165, 1.54) is 6.42 Å². The normalized spacial score (nSPS) is 19.3. The number of hydrogen-bond donors (Lipinski definition) is 1. The number of aromatic nitrogens is 4. The maximum absolute atomic E-state index is 6.34. The lowest BCUT2D eigenvalue weighted by Gasteiger charge is -2.38.